The second-order valence-electron chi connectivity index (χ2n) is 6.31. The van der Waals surface area contributed by atoms with Crippen molar-refractivity contribution in [2.24, 2.45) is 10.9 Å². The summed E-state index contributed by atoms with van der Waals surface area (Å²) in [5.41, 5.74) is 2.33. The molecule has 0 bridgehead atoms. The second-order valence-corrected chi connectivity index (χ2v) is 6.31. The summed E-state index contributed by atoms with van der Waals surface area (Å²) < 4.78 is 16.3. The first kappa shape index (κ1) is 23.0. The van der Waals surface area contributed by atoms with E-state index in [0.29, 0.717) is 5.92 Å². The Morgan fingerprint density at radius 2 is 2.19 bits per heavy atom. The van der Waals surface area contributed by atoms with Gasteiger partial charge >= 0.3 is 0 Å². The van der Waals surface area contributed by atoms with Crippen molar-refractivity contribution >= 4 is 29.9 Å². The molecule has 0 aromatic heterocycles. The summed E-state index contributed by atoms with van der Waals surface area (Å²) in [6.07, 6.45) is 2.08. The van der Waals surface area contributed by atoms with Gasteiger partial charge in [-0.1, -0.05) is 12.1 Å². The van der Waals surface area contributed by atoms with E-state index in [2.05, 4.69) is 27.8 Å². The number of aliphatic imine (C=N–C) groups is 1. The smallest absolute Gasteiger partial charge is 0.191 e. The minimum Gasteiger partial charge on any atom is -0.496 e. The van der Waals surface area contributed by atoms with Crippen LogP contribution >= 0.6 is 24.0 Å². The van der Waals surface area contributed by atoms with Crippen LogP contribution in [0, 0.1) is 12.8 Å². The van der Waals surface area contributed by atoms with Crippen LogP contribution in [-0.2, 0) is 16.0 Å². The van der Waals surface area contributed by atoms with Gasteiger partial charge in [0.1, 0.15) is 5.75 Å². The molecular weight excluding hydrogens is 445 g/mol. The summed E-state index contributed by atoms with van der Waals surface area (Å²) in [6.45, 7) is 6.91. The molecule has 1 fully saturated rings. The van der Waals surface area contributed by atoms with E-state index in [-0.39, 0.29) is 24.0 Å². The fraction of sp³-hybridized carbons (Fsp3) is 0.632. The third kappa shape index (κ3) is 8.09. The molecule has 1 aliphatic rings. The van der Waals surface area contributed by atoms with Crippen LogP contribution in [0.5, 0.6) is 5.75 Å². The van der Waals surface area contributed by atoms with Gasteiger partial charge in [-0.3, -0.25) is 4.99 Å². The van der Waals surface area contributed by atoms with E-state index in [9.17, 15) is 0 Å². The van der Waals surface area contributed by atoms with Crippen molar-refractivity contribution in [3.8, 4) is 5.75 Å². The Morgan fingerprint density at radius 3 is 2.85 bits per heavy atom. The SMILES string of the molecule is CN=C(NCCCOCC1CCOC1)NCc1ccc(OC)c(C)c1.I. The van der Waals surface area contributed by atoms with Crippen LogP contribution in [0.3, 0.4) is 0 Å². The maximum Gasteiger partial charge on any atom is 0.191 e. The fourth-order valence-electron chi connectivity index (χ4n) is 2.80. The van der Waals surface area contributed by atoms with Gasteiger partial charge in [0.15, 0.2) is 5.96 Å². The molecule has 2 N–H and O–H groups in total. The summed E-state index contributed by atoms with van der Waals surface area (Å²) in [7, 11) is 3.47. The van der Waals surface area contributed by atoms with Crippen molar-refractivity contribution < 1.29 is 14.2 Å². The first-order valence-corrected chi connectivity index (χ1v) is 8.96. The molecule has 0 radical (unpaired) electrons. The third-order valence-electron chi connectivity index (χ3n) is 4.28. The number of hydrogen-bond acceptors (Lipinski definition) is 4. The number of methoxy groups -OCH3 is 1. The Balaban J connectivity index is 0.00000338. The molecule has 0 amide bonds. The van der Waals surface area contributed by atoms with Crippen LogP contribution in [0.25, 0.3) is 0 Å². The first-order valence-electron chi connectivity index (χ1n) is 8.96. The maximum atomic E-state index is 5.71. The molecule has 1 heterocycles. The average Bonchev–Trinajstić information content (AvgIpc) is 3.14. The van der Waals surface area contributed by atoms with Crippen LogP contribution in [0.2, 0.25) is 0 Å². The Bertz CT molecular complexity index is 549. The first-order chi connectivity index (χ1) is 12.2. The monoisotopic (exact) mass is 477 g/mol. The van der Waals surface area contributed by atoms with Crippen molar-refractivity contribution in [1.82, 2.24) is 10.6 Å². The highest BCUT2D eigenvalue weighted by Gasteiger charge is 2.15. The van der Waals surface area contributed by atoms with Gasteiger partial charge < -0.3 is 24.8 Å². The normalized spacial score (nSPS) is 16.9. The van der Waals surface area contributed by atoms with E-state index in [1.165, 1.54) is 5.56 Å². The molecule has 1 aromatic carbocycles. The second kappa shape index (κ2) is 13.2. The van der Waals surface area contributed by atoms with E-state index in [1.54, 1.807) is 14.2 Å². The largest absolute Gasteiger partial charge is 0.496 e. The number of guanidine groups is 1. The lowest BCUT2D eigenvalue weighted by atomic mass is 10.1. The van der Waals surface area contributed by atoms with Crippen molar-refractivity contribution in [3.63, 3.8) is 0 Å². The molecule has 2 rings (SSSR count). The molecule has 1 saturated heterocycles. The van der Waals surface area contributed by atoms with Crippen molar-refractivity contribution in [2.75, 3.05) is 47.1 Å². The quantitative estimate of drug-likeness (QED) is 0.248. The minimum absolute atomic E-state index is 0. The highest BCUT2D eigenvalue weighted by molar-refractivity contribution is 14.0. The van der Waals surface area contributed by atoms with Gasteiger partial charge in [-0.15, -0.1) is 24.0 Å². The van der Waals surface area contributed by atoms with Gasteiger partial charge in [0, 0.05) is 39.3 Å². The zero-order valence-corrected chi connectivity index (χ0v) is 18.4. The van der Waals surface area contributed by atoms with Gasteiger partial charge in [0.25, 0.3) is 0 Å². The van der Waals surface area contributed by atoms with E-state index in [4.69, 9.17) is 14.2 Å². The van der Waals surface area contributed by atoms with E-state index >= 15 is 0 Å². The van der Waals surface area contributed by atoms with Crippen LogP contribution in [0.1, 0.15) is 24.0 Å². The van der Waals surface area contributed by atoms with Crippen LogP contribution in [-0.4, -0.2) is 53.1 Å². The van der Waals surface area contributed by atoms with Gasteiger partial charge in [0.05, 0.1) is 20.3 Å². The predicted molar refractivity (Wildman–Crippen MR) is 116 cm³/mol. The Kier molecular flexibility index (Phi) is 11.6. The van der Waals surface area contributed by atoms with E-state index < -0.39 is 0 Å². The number of aryl methyl sites for hydroxylation is 1. The number of benzene rings is 1. The molecule has 0 spiro atoms. The lowest BCUT2D eigenvalue weighted by Gasteiger charge is -2.13. The topological polar surface area (TPSA) is 64.1 Å². The highest BCUT2D eigenvalue weighted by atomic mass is 127. The Hall–Kier alpha value is -1.06. The summed E-state index contributed by atoms with van der Waals surface area (Å²) >= 11 is 0. The average molecular weight is 477 g/mol. The van der Waals surface area contributed by atoms with Gasteiger partial charge in [0.2, 0.25) is 0 Å². The molecule has 148 valence electrons. The van der Waals surface area contributed by atoms with Crippen LogP contribution in [0.15, 0.2) is 23.2 Å². The number of ether oxygens (including phenoxy) is 3. The molecule has 0 aliphatic carbocycles. The zero-order chi connectivity index (χ0) is 17.9. The molecule has 1 unspecified atom stereocenters. The highest BCUT2D eigenvalue weighted by Crippen LogP contribution is 2.18. The molecule has 0 saturated carbocycles. The van der Waals surface area contributed by atoms with Crippen molar-refractivity contribution in [1.29, 1.82) is 0 Å². The molecular formula is C19H32IN3O3. The summed E-state index contributed by atoms with van der Waals surface area (Å²) in [5.74, 6) is 2.29. The third-order valence-corrected chi connectivity index (χ3v) is 4.28. The number of nitrogens with zero attached hydrogens (tertiary/aromatic N) is 1. The molecule has 1 atom stereocenters. The van der Waals surface area contributed by atoms with E-state index in [1.807, 2.05) is 13.0 Å². The molecule has 1 aliphatic heterocycles. The van der Waals surface area contributed by atoms with Gasteiger partial charge in [-0.05, 0) is 37.0 Å². The zero-order valence-electron chi connectivity index (χ0n) is 16.0. The number of rotatable bonds is 9. The molecule has 1 aromatic rings. The van der Waals surface area contributed by atoms with E-state index in [0.717, 1.165) is 69.6 Å². The van der Waals surface area contributed by atoms with Crippen molar-refractivity contribution in [2.45, 2.75) is 26.3 Å². The van der Waals surface area contributed by atoms with Crippen LogP contribution in [0.4, 0.5) is 0 Å². The Morgan fingerprint density at radius 1 is 1.35 bits per heavy atom. The predicted octanol–water partition coefficient (Wildman–Crippen LogP) is 2.73. The van der Waals surface area contributed by atoms with Crippen molar-refractivity contribution in [3.05, 3.63) is 29.3 Å². The summed E-state index contributed by atoms with van der Waals surface area (Å²) in [5, 5.41) is 6.64. The summed E-state index contributed by atoms with van der Waals surface area (Å²) in [4.78, 5) is 4.25. The molecule has 26 heavy (non-hydrogen) atoms. The maximum absolute atomic E-state index is 5.71. The molecule has 6 nitrogen and oxygen atoms in total. The lowest BCUT2D eigenvalue weighted by Crippen LogP contribution is -2.37. The number of hydrogen-bond donors (Lipinski definition) is 2. The van der Waals surface area contributed by atoms with Gasteiger partial charge in [-0.25, -0.2) is 0 Å². The Labute approximate surface area is 174 Å². The van der Waals surface area contributed by atoms with Crippen LogP contribution < -0.4 is 15.4 Å². The summed E-state index contributed by atoms with van der Waals surface area (Å²) in [6, 6.07) is 6.18. The number of halogens is 1. The molecule has 7 heteroatoms. The minimum atomic E-state index is 0. The van der Waals surface area contributed by atoms with Gasteiger partial charge in [-0.2, -0.15) is 0 Å². The standard InChI is InChI=1S/C19H31N3O3.HI/c1-15-11-16(5-6-18(15)23-3)12-22-19(20-2)21-8-4-9-24-13-17-7-10-25-14-17;/h5-6,11,17H,4,7-10,12-14H2,1-3H3,(H2,20,21,22);1H. The lowest BCUT2D eigenvalue weighted by molar-refractivity contribution is 0.0888. The number of nitrogens with one attached hydrogen (secondary N) is 2. The fourth-order valence-corrected chi connectivity index (χ4v) is 2.80.